The molecule has 0 aliphatic heterocycles. The first-order valence-electron chi connectivity index (χ1n) is 4.90. The van der Waals surface area contributed by atoms with Crippen LogP contribution in [0.2, 0.25) is 0 Å². The summed E-state index contributed by atoms with van der Waals surface area (Å²) in [5.41, 5.74) is -2.79. The molecule has 12 nitrogen and oxygen atoms in total. The van der Waals surface area contributed by atoms with E-state index in [-0.39, 0.29) is 4.90 Å². The first-order valence-corrected chi connectivity index (χ1v) is 4.90. The van der Waals surface area contributed by atoms with E-state index < -0.39 is 43.8 Å². The zero-order chi connectivity index (χ0) is 15.0. The second-order valence-corrected chi connectivity index (χ2v) is 3.41. The van der Waals surface area contributed by atoms with Crippen LogP contribution in [0.25, 0.3) is 11.0 Å². The van der Waals surface area contributed by atoms with E-state index in [9.17, 15) is 25.4 Å². The van der Waals surface area contributed by atoms with Crippen LogP contribution in [0.5, 0.6) is 11.5 Å². The van der Waals surface area contributed by atoms with Gasteiger partial charge in [-0.1, -0.05) is 0 Å². The van der Waals surface area contributed by atoms with E-state index in [0.29, 0.717) is 0 Å². The summed E-state index contributed by atoms with van der Waals surface area (Å²) in [7, 11) is 2.06. The molecule has 0 atom stereocenters. The topological polar surface area (TPSA) is 158 Å². The molecule has 0 aliphatic rings. The second kappa shape index (κ2) is 4.49. The van der Waals surface area contributed by atoms with E-state index in [4.69, 9.17) is 9.47 Å². The van der Waals surface area contributed by atoms with Crippen LogP contribution in [0.1, 0.15) is 0 Å². The molecule has 12 heteroatoms. The third-order valence-corrected chi connectivity index (χ3v) is 2.47. The number of nitro groups is 2. The summed E-state index contributed by atoms with van der Waals surface area (Å²) in [5, 5.41) is 36.8. The fourth-order valence-corrected chi connectivity index (χ4v) is 1.75. The number of hydrogen-bond donors (Lipinski definition) is 0. The van der Waals surface area contributed by atoms with Gasteiger partial charge in [0.25, 0.3) is 17.0 Å². The summed E-state index contributed by atoms with van der Waals surface area (Å²) >= 11 is 0. The predicted octanol–water partition coefficient (Wildman–Crippen LogP) is 0.295. The Hall–Kier alpha value is -3.18. The van der Waals surface area contributed by atoms with Crippen LogP contribution in [0.3, 0.4) is 0 Å². The number of fused-ring (bicyclic) bond motifs is 1. The van der Waals surface area contributed by atoms with Crippen molar-refractivity contribution < 1.29 is 28.9 Å². The molecule has 106 valence electrons. The van der Waals surface area contributed by atoms with Crippen molar-refractivity contribution in [2.45, 2.75) is 0 Å². The molecule has 1 aromatic heterocycles. The van der Waals surface area contributed by atoms with Crippen molar-refractivity contribution in [2.75, 3.05) is 14.2 Å². The number of nitrogens with zero attached hydrogens (tertiary/aromatic N) is 4. The minimum atomic E-state index is -0.962. The van der Waals surface area contributed by atoms with Gasteiger partial charge in [-0.25, -0.2) is 0 Å². The van der Waals surface area contributed by atoms with Gasteiger partial charge in [0.05, 0.1) is 29.2 Å². The molecule has 20 heavy (non-hydrogen) atoms. The van der Waals surface area contributed by atoms with Gasteiger partial charge in [0.15, 0.2) is 0 Å². The average molecular weight is 286 g/mol. The molecule has 0 unspecified atom stereocenters. The summed E-state index contributed by atoms with van der Waals surface area (Å²) in [4.78, 5) is 20.0. The molecule has 0 bridgehead atoms. The quantitative estimate of drug-likeness (QED) is 0.437. The lowest BCUT2D eigenvalue weighted by atomic mass is 10.2. The first-order chi connectivity index (χ1) is 9.43. The standard InChI is InChI=1S/C8H6N4O8/c1-18-7-4(10(13)14)3-5(12(17)20-9-3)8(19-2)6(7)11(15)16/h1-2H3. The minimum absolute atomic E-state index is 0.215. The number of benzene rings is 1. The molecule has 0 saturated carbocycles. The Morgan fingerprint density at radius 3 is 2.10 bits per heavy atom. The van der Waals surface area contributed by atoms with Gasteiger partial charge in [0, 0.05) is 0 Å². The Kier molecular flexibility index (Phi) is 2.98. The van der Waals surface area contributed by atoms with E-state index in [1.807, 2.05) is 0 Å². The van der Waals surface area contributed by atoms with E-state index >= 15 is 0 Å². The van der Waals surface area contributed by atoms with Crippen molar-refractivity contribution in [3.8, 4) is 11.5 Å². The molecule has 1 heterocycles. The number of methoxy groups -OCH3 is 2. The van der Waals surface area contributed by atoms with Crippen LogP contribution in [-0.4, -0.2) is 29.2 Å². The fourth-order valence-electron chi connectivity index (χ4n) is 1.75. The van der Waals surface area contributed by atoms with Crippen LogP contribution in [0.15, 0.2) is 4.63 Å². The second-order valence-electron chi connectivity index (χ2n) is 3.41. The Balaban J connectivity index is 3.11. The lowest BCUT2D eigenvalue weighted by molar-refractivity contribution is -0.782. The van der Waals surface area contributed by atoms with Crippen LogP contribution in [0, 0.1) is 25.4 Å². The van der Waals surface area contributed by atoms with E-state index in [1.165, 1.54) is 0 Å². The number of nitro benzene ring substituents is 2. The number of rotatable bonds is 4. The normalized spacial score (nSPS) is 10.5. The van der Waals surface area contributed by atoms with E-state index in [0.717, 1.165) is 14.2 Å². The van der Waals surface area contributed by atoms with Crippen LogP contribution >= 0.6 is 0 Å². The Morgan fingerprint density at radius 1 is 1.10 bits per heavy atom. The Labute approximate surface area is 108 Å². The van der Waals surface area contributed by atoms with Gasteiger partial charge in [-0.2, -0.15) is 0 Å². The number of aromatic nitrogens is 2. The summed E-state index contributed by atoms with van der Waals surface area (Å²) in [6.45, 7) is 0. The van der Waals surface area contributed by atoms with Gasteiger partial charge in [0.2, 0.25) is 0 Å². The molecule has 0 N–H and O–H groups in total. The van der Waals surface area contributed by atoms with Gasteiger partial charge < -0.3 is 14.7 Å². The number of ether oxygens (including phenoxy) is 2. The zero-order valence-corrected chi connectivity index (χ0v) is 10.1. The highest BCUT2D eigenvalue weighted by atomic mass is 16.8. The zero-order valence-electron chi connectivity index (χ0n) is 10.1. The van der Waals surface area contributed by atoms with E-state index in [1.54, 1.807) is 0 Å². The predicted molar refractivity (Wildman–Crippen MR) is 59.4 cm³/mol. The van der Waals surface area contributed by atoms with Crippen LogP contribution in [-0.2, 0) is 0 Å². The third kappa shape index (κ3) is 1.62. The van der Waals surface area contributed by atoms with Crippen molar-refractivity contribution in [3.05, 3.63) is 25.4 Å². The molecule has 2 aromatic rings. The SMILES string of the molecule is COc1c([N+](=O)[O-])c(OC)c2c(no[n+]2[O-])c1[N+](=O)[O-]. The van der Waals surface area contributed by atoms with E-state index in [2.05, 4.69) is 9.79 Å². The molecule has 0 saturated heterocycles. The van der Waals surface area contributed by atoms with Gasteiger partial charge in [-0.3, -0.25) is 24.9 Å². The fraction of sp³-hybridized carbons (Fsp3) is 0.250. The van der Waals surface area contributed by atoms with Gasteiger partial charge in [-0.05, 0) is 4.90 Å². The Bertz CT molecular complexity index is 723. The van der Waals surface area contributed by atoms with Crippen molar-refractivity contribution >= 4 is 22.4 Å². The van der Waals surface area contributed by atoms with Crippen molar-refractivity contribution in [1.82, 2.24) is 5.16 Å². The summed E-state index contributed by atoms with van der Waals surface area (Å²) in [5.74, 6) is -1.22. The largest absolute Gasteiger partial charge is 0.487 e. The number of hydrogen-bond acceptors (Lipinski definition) is 9. The smallest absolute Gasteiger partial charge is 0.376 e. The monoisotopic (exact) mass is 286 g/mol. The van der Waals surface area contributed by atoms with Gasteiger partial charge in [0.1, 0.15) is 0 Å². The molecule has 0 aliphatic carbocycles. The maximum atomic E-state index is 11.4. The van der Waals surface area contributed by atoms with Crippen molar-refractivity contribution in [2.24, 2.45) is 0 Å². The summed E-state index contributed by atoms with van der Waals surface area (Å²) < 4.78 is 13.7. The van der Waals surface area contributed by atoms with Gasteiger partial charge in [-0.15, -0.1) is 0 Å². The molecule has 0 radical (unpaired) electrons. The third-order valence-electron chi connectivity index (χ3n) is 2.47. The highest BCUT2D eigenvalue weighted by Crippen LogP contribution is 2.48. The molecule has 2 rings (SSSR count). The Morgan fingerprint density at radius 2 is 1.65 bits per heavy atom. The minimum Gasteiger partial charge on any atom is -0.487 e. The van der Waals surface area contributed by atoms with Crippen molar-refractivity contribution in [3.63, 3.8) is 0 Å². The molecule has 0 spiro atoms. The molecule has 0 amide bonds. The lowest BCUT2D eigenvalue weighted by Gasteiger charge is -2.05. The molecular weight excluding hydrogens is 280 g/mol. The molecule has 1 aromatic carbocycles. The maximum Gasteiger partial charge on any atom is 0.376 e. The first kappa shape index (κ1) is 13.3. The lowest BCUT2D eigenvalue weighted by Crippen LogP contribution is -2.23. The molecule has 0 fully saturated rings. The van der Waals surface area contributed by atoms with Gasteiger partial charge >= 0.3 is 16.9 Å². The van der Waals surface area contributed by atoms with Crippen LogP contribution < -0.4 is 14.4 Å². The van der Waals surface area contributed by atoms with Crippen LogP contribution in [0.4, 0.5) is 11.4 Å². The highest BCUT2D eigenvalue weighted by Gasteiger charge is 2.42. The maximum absolute atomic E-state index is 11.4. The molecular formula is C8H6N4O8. The summed E-state index contributed by atoms with van der Waals surface area (Å²) in [6, 6.07) is 0. The average Bonchev–Trinajstić information content (AvgIpc) is 2.77. The summed E-state index contributed by atoms with van der Waals surface area (Å²) in [6.07, 6.45) is 0. The van der Waals surface area contributed by atoms with Crippen molar-refractivity contribution in [1.29, 1.82) is 0 Å². The highest BCUT2D eigenvalue weighted by molar-refractivity contribution is 5.95.